The van der Waals surface area contributed by atoms with Crippen LogP contribution in [0.25, 0.3) is 0 Å². The summed E-state index contributed by atoms with van der Waals surface area (Å²) in [6.45, 7) is 8.37. The van der Waals surface area contributed by atoms with Gasteiger partial charge in [-0.15, -0.1) is 0 Å². The lowest BCUT2D eigenvalue weighted by molar-refractivity contribution is 0.0689. The van der Waals surface area contributed by atoms with Crippen LogP contribution < -0.4 is 0 Å². The van der Waals surface area contributed by atoms with E-state index in [9.17, 15) is 5.11 Å². The highest BCUT2D eigenvalue weighted by molar-refractivity contribution is 5.36. The van der Waals surface area contributed by atoms with Crippen molar-refractivity contribution in [3.8, 4) is 0 Å². The summed E-state index contributed by atoms with van der Waals surface area (Å²) in [5, 5.41) is 9.49. The van der Waals surface area contributed by atoms with Crippen molar-refractivity contribution in [3.63, 3.8) is 0 Å². The lowest BCUT2D eigenvalue weighted by Crippen LogP contribution is -2.42. The SMILES string of the molecule is CCC1=C(C)C(O)C1(C)C. The minimum Gasteiger partial charge on any atom is -0.388 e. The summed E-state index contributed by atoms with van der Waals surface area (Å²) >= 11 is 0. The fraction of sp³-hybridized carbons (Fsp3) is 0.778. The van der Waals surface area contributed by atoms with Crippen LogP contribution in [-0.4, -0.2) is 11.2 Å². The Labute approximate surface area is 62.8 Å². The zero-order chi connectivity index (χ0) is 7.94. The molecule has 1 aliphatic carbocycles. The van der Waals surface area contributed by atoms with Crippen molar-refractivity contribution in [2.24, 2.45) is 5.41 Å². The third-order valence-corrected chi connectivity index (χ3v) is 2.70. The third-order valence-electron chi connectivity index (χ3n) is 2.70. The average molecular weight is 140 g/mol. The van der Waals surface area contributed by atoms with Crippen molar-refractivity contribution in [2.45, 2.75) is 40.2 Å². The summed E-state index contributed by atoms with van der Waals surface area (Å²) in [4.78, 5) is 0. The van der Waals surface area contributed by atoms with Crippen molar-refractivity contribution in [1.29, 1.82) is 0 Å². The lowest BCUT2D eigenvalue weighted by atomic mass is 9.63. The molecule has 1 heteroatoms. The molecule has 1 unspecified atom stereocenters. The number of aliphatic hydroxyl groups is 1. The van der Waals surface area contributed by atoms with Crippen LogP contribution in [0.2, 0.25) is 0 Å². The van der Waals surface area contributed by atoms with Crippen LogP contribution >= 0.6 is 0 Å². The second-order valence-corrected chi connectivity index (χ2v) is 3.64. The predicted octanol–water partition coefficient (Wildman–Crippen LogP) is 2.11. The first-order valence-corrected chi connectivity index (χ1v) is 3.90. The second kappa shape index (κ2) is 2.09. The summed E-state index contributed by atoms with van der Waals surface area (Å²) in [5.41, 5.74) is 2.67. The predicted molar refractivity (Wildman–Crippen MR) is 42.8 cm³/mol. The minimum absolute atomic E-state index is 0.0544. The van der Waals surface area contributed by atoms with E-state index in [2.05, 4.69) is 20.8 Å². The van der Waals surface area contributed by atoms with Gasteiger partial charge in [-0.05, 0) is 18.9 Å². The lowest BCUT2D eigenvalue weighted by Gasteiger charge is -2.44. The number of hydrogen-bond donors (Lipinski definition) is 1. The molecule has 0 spiro atoms. The topological polar surface area (TPSA) is 20.2 Å². The quantitative estimate of drug-likeness (QED) is 0.553. The summed E-state index contributed by atoms with van der Waals surface area (Å²) in [6.07, 6.45) is 0.887. The summed E-state index contributed by atoms with van der Waals surface area (Å²) in [7, 11) is 0. The Bertz CT molecular complexity index is 177. The largest absolute Gasteiger partial charge is 0.388 e. The van der Waals surface area contributed by atoms with Gasteiger partial charge in [-0.1, -0.05) is 26.3 Å². The van der Waals surface area contributed by atoms with Crippen LogP contribution in [0.3, 0.4) is 0 Å². The van der Waals surface area contributed by atoms with Gasteiger partial charge in [-0.3, -0.25) is 0 Å². The van der Waals surface area contributed by atoms with Crippen LogP contribution in [0.5, 0.6) is 0 Å². The molecule has 1 aliphatic rings. The van der Waals surface area contributed by atoms with Crippen molar-refractivity contribution in [3.05, 3.63) is 11.1 Å². The molecule has 0 aromatic rings. The van der Waals surface area contributed by atoms with E-state index in [0.717, 1.165) is 6.42 Å². The van der Waals surface area contributed by atoms with Gasteiger partial charge in [0.2, 0.25) is 0 Å². The van der Waals surface area contributed by atoms with Crippen LogP contribution in [0.4, 0.5) is 0 Å². The monoisotopic (exact) mass is 140 g/mol. The van der Waals surface area contributed by atoms with E-state index < -0.39 is 0 Å². The molecule has 1 rings (SSSR count). The molecule has 10 heavy (non-hydrogen) atoms. The maximum atomic E-state index is 9.49. The molecule has 0 saturated carbocycles. The van der Waals surface area contributed by atoms with Crippen LogP contribution in [0, 0.1) is 5.41 Å². The fourth-order valence-corrected chi connectivity index (χ4v) is 2.04. The van der Waals surface area contributed by atoms with Gasteiger partial charge in [0, 0.05) is 5.41 Å². The highest BCUT2D eigenvalue weighted by Crippen LogP contribution is 2.47. The molecule has 0 saturated heterocycles. The van der Waals surface area contributed by atoms with E-state index in [1.807, 2.05) is 6.92 Å². The van der Waals surface area contributed by atoms with Crippen LogP contribution in [0.15, 0.2) is 11.1 Å². The first kappa shape index (κ1) is 7.80. The normalized spacial score (nSPS) is 30.3. The van der Waals surface area contributed by atoms with Crippen molar-refractivity contribution >= 4 is 0 Å². The zero-order valence-corrected chi connectivity index (χ0v) is 7.23. The van der Waals surface area contributed by atoms with Gasteiger partial charge >= 0.3 is 0 Å². The zero-order valence-electron chi connectivity index (χ0n) is 7.23. The van der Waals surface area contributed by atoms with Crippen LogP contribution in [-0.2, 0) is 0 Å². The molecule has 0 fully saturated rings. The molecule has 0 radical (unpaired) electrons. The Morgan fingerprint density at radius 2 is 2.00 bits per heavy atom. The van der Waals surface area contributed by atoms with E-state index in [0.29, 0.717) is 0 Å². The first-order valence-electron chi connectivity index (χ1n) is 3.90. The Hall–Kier alpha value is -0.300. The molecule has 1 atom stereocenters. The van der Waals surface area contributed by atoms with Gasteiger partial charge in [-0.25, -0.2) is 0 Å². The van der Waals surface area contributed by atoms with Gasteiger partial charge in [0.05, 0.1) is 6.10 Å². The maximum absolute atomic E-state index is 9.49. The molecular weight excluding hydrogens is 124 g/mol. The van der Waals surface area contributed by atoms with Gasteiger partial charge in [0.25, 0.3) is 0 Å². The van der Waals surface area contributed by atoms with Gasteiger partial charge < -0.3 is 5.11 Å². The van der Waals surface area contributed by atoms with Crippen LogP contribution in [0.1, 0.15) is 34.1 Å². The van der Waals surface area contributed by atoms with E-state index in [-0.39, 0.29) is 11.5 Å². The molecule has 0 aliphatic heterocycles. The average Bonchev–Trinajstić information content (AvgIpc) is 1.88. The summed E-state index contributed by atoms with van der Waals surface area (Å²) in [5.74, 6) is 0. The third kappa shape index (κ3) is 0.734. The Balaban J connectivity index is 2.89. The number of aliphatic hydroxyl groups excluding tert-OH is 1. The van der Waals surface area contributed by atoms with Gasteiger partial charge in [0.15, 0.2) is 0 Å². The summed E-state index contributed by atoms with van der Waals surface area (Å²) in [6, 6.07) is 0. The summed E-state index contributed by atoms with van der Waals surface area (Å²) < 4.78 is 0. The van der Waals surface area contributed by atoms with Gasteiger partial charge in [-0.2, -0.15) is 0 Å². The molecule has 0 heterocycles. The fourth-order valence-electron chi connectivity index (χ4n) is 2.04. The molecular formula is C9H16O. The molecule has 0 aromatic carbocycles. The van der Waals surface area contributed by atoms with Gasteiger partial charge in [0.1, 0.15) is 0 Å². The highest BCUT2D eigenvalue weighted by atomic mass is 16.3. The number of hydrogen-bond acceptors (Lipinski definition) is 1. The molecule has 1 N–H and O–H groups in total. The molecule has 1 nitrogen and oxygen atoms in total. The Morgan fingerprint density at radius 3 is 2.20 bits per heavy atom. The second-order valence-electron chi connectivity index (χ2n) is 3.64. The number of rotatable bonds is 1. The maximum Gasteiger partial charge on any atom is 0.0838 e. The van der Waals surface area contributed by atoms with E-state index in [1.54, 1.807) is 0 Å². The molecule has 0 amide bonds. The van der Waals surface area contributed by atoms with Crippen molar-refractivity contribution in [1.82, 2.24) is 0 Å². The standard InChI is InChI=1S/C9H16O/c1-5-7-6(2)8(10)9(7,3)4/h8,10H,5H2,1-4H3. The van der Waals surface area contributed by atoms with Crippen molar-refractivity contribution < 1.29 is 5.11 Å². The Morgan fingerprint density at radius 1 is 1.50 bits per heavy atom. The molecule has 0 bridgehead atoms. The van der Waals surface area contributed by atoms with E-state index in [4.69, 9.17) is 0 Å². The van der Waals surface area contributed by atoms with Crippen molar-refractivity contribution in [2.75, 3.05) is 0 Å². The molecule has 58 valence electrons. The molecule has 0 aromatic heterocycles. The Kier molecular flexibility index (Phi) is 1.63. The first-order chi connectivity index (χ1) is 4.51. The highest BCUT2D eigenvalue weighted by Gasteiger charge is 2.42. The van der Waals surface area contributed by atoms with E-state index >= 15 is 0 Å². The minimum atomic E-state index is -0.192. The van der Waals surface area contributed by atoms with E-state index in [1.165, 1.54) is 11.1 Å². The smallest absolute Gasteiger partial charge is 0.0838 e.